The molecule has 1 heterocycles. The number of carbonyl (C=O) groups is 1. The van der Waals surface area contributed by atoms with Crippen LogP contribution < -0.4 is 19.5 Å². The van der Waals surface area contributed by atoms with E-state index in [0.717, 1.165) is 5.56 Å². The molecule has 0 unspecified atom stereocenters. The third-order valence-corrected chi connectivity index (χ3v) is 7.56. The molecule has 1 aliphatic rings. The number of amides is 1. The number of sulfonamides is 1. The van der Waals surface area contributed by atoms with Gasteiger partial charge in [-0.2, -0.15) is 4.31 Å². The van der Waals surface area contributed by atoms with Gasteiger partial charge in [-0.05, 0) is 48.0 Å². The van der Waals surface area contributed by atoms with Crippen LogP contribution in [0.2, 0.25) is 0 Å². The molecule has 184 valence electrons. The molecule has 3 aromatic carbocycles. The summed E-state index contributed by atoms with van der Waals surface area (Å²) in [6, 6.07) is 18.9. The molecular formula is C26H28N2O6S. The van der Waals surface area contributed by atoms with Crippen molar-refractivity contribution in [1.82, 2.24) is 4.31 Å². The Bertz CT molecular complexity index is 1290. The molecule has 4 rings (SSSR count). The van der Waals surface area contributed by atoms with Gasteiger partial charge in [-0.1, -0.05) is 38.1 Å². The fourth-order valence-electron chi connectivity index (χ4n) is 3.76. The van der Waals surface area contributed by atoms with E-state index in [-0.39, 0.29) is 22.9 Å². The van der Waals surface area contributed by atoms with Gasteiger partial charge in [-0.15, -0.1) is 0 Å². The topological polar surface area (TPSA) is 94.2 Å². The van der Waals surface area contributed by atoms with Crippen molar-refractivity contribution in [3.8, 4) is 23.0 Å². The summed E-state index contributed by atoms with van der Waals surface area (Å²) >= 11 is 0. The van der Waals surface area contributed by atoms with Crippen molar-refractivity contribution >= 4 is 21.6 Å². The quantitative estimate of drug-likeness (QED) is 0.470. The van der Waals surface area contributed by atoms with Crippen molar-refractivity contribution in [2.75, 3.05) is 31.6 Å². The van der Waals surface area contributed by atoms with Gasteiger partial charge in [0.25, 0.3) is 0 Å². The van der Waals surface area contributed by atoms with Gasteiger partial charge in [0.05, 0.1) is 17.0 Å². The summed E-state index contributed by atoms with van der Waals surface area (Å²) in [5.41, 5.74) is 1.01. The monoisotopic (exact) mass is 496 g/mol. The van der Waals surface area contributed by atoms with Crippen molar-refractivity contribution in [3.05, 3.63) is 72.3 Å². The number of ether oxygens (including phenoxy) is 3. The number of rotatable bonds is 9. The summed E-state index contributed by atoms with van der Waals surface area (Å²) in [5.74, 6) is 1.83. The number of anilines is 1. The first-order chi connectivity index (χ1) is 16.9. The second-order valence-electron chi connectivity index (χ2n) is 7.87. The fourth-order valence-corrected chi connectivity index (χ4v) is 5.25. The minimum Gasteiger partial charge on any atom is -0.486 e. The highest BCUT2D eigenvalue weighted by atomic mass is 32.2. The van der Waals surface area contributed by atoms with E-state index < -0.39 is 10.0 Å². The normalized spacial score (nSPS) is 12.9. The maximum Gasteiger partial charge on any atom is 0.243 e. The second-order valence-corrected chi connectivity index (χ2v) is 9.80. The molecule has 0 bridgehead atoms. The van der Waals surface area contributed by atoms with Crippen molar-refractivity contribution < 1.29 is 27.4 Å². The second kappa shape index (κ2) is 10.8. The summed E-state index contributed by atoms with van der Waals surface area (Å²) in [6.07, 6.45) is 0.0639. The van der Waals surface area contributed by atoms with Gasteiger partial charge in [0, 0.05) is 13.1 Å². The van der Waals surface area contributed by atoms with Crippen LogP contribution in [0.3, 0.4) is 0 Å². The molecular weight excluding hydrogens is 468 g/mol. The molecule has 1 aliphatic heterocycles. The summed E-state index contributed by atoms with van der Waals surface area (Å²) in [6.45, 7) is 5.19. The highest BCUT2D eigenvalue weighted by Crippen LogP contribution is 2.34. The van der Waals surface area contributed by atoms with E-state index in [0.29, 0.717) is 49.3 Å². The molecule has 1 amide bonds. The van der Waals surface area contributed by atoms with Gasteiger partial charge in [0.2, 0.25) is 15.9 Å². The number of hydrogen-bond acceptors (Lipinski definition) is 6. The van der Waals surface area contributed by atoms with Crippen LogP contribution in [-0.2, 0) is 21.2 Å². The van der Waals surface area contributed by atoms with Gasteiger partial charge >= 0.3 is 0 Å². The number of carbonyl (C=O) groups excluding carboxylic acids is 1. The minimum atomic E-state index is -3.72. The Hall–Kier alpha value is -3.56. The van der Waals surface area contributed by atoms with E-state index in [2.05, 4.69) is 5.32 Å². The maximum atomic E-state index is 13.1. The van der Waals surface area contributed by atoms with Gasteiger partial charge in [0.1, 0.15) is 19.0 Å². The molecule has 0 saturated heterocycles. The number of nitrogens with one attached hydrogen (secondary N) is 1. The van der Waals surface area contributed by atoms with Crippen molar-refractivity contribution in [3.63, 3.8) is 0 Å². The van der Waals surface area contributed by atoms with Gasteiger partial charge in [0.15, 0.2) is 17.2 Å². The lowest BCUT2D eigenvalue weighted by molar-refractivity contribution is -0.115. The molecule has 0 saturated carbocycles. The third kappa shape index (κ3) is 5.75. The first-order valence-electron chi connectivity index (χ1n) is 11.5. The third-order valence-electron chi connectivity index (χ3n) is 5.51. The van der Waals surface area contributed by atoms with Crippen molar-refractivity contribution in [2.45, 2.75) is 25.2 Å². The number of para-hydroxylation sites is 1. The average Bonchev–Trinajstić information content (AvgIpc) is 2.86. The van der Waals surface area contributed by atoms with E-state index in [4.69, 9.17) is 14.2 Å². The molecule has 0 atom stereocenters. The van der Waals surface area contributed by atoms with Crippen LogP contribution in [0.1, 0.15) is 19.4 Å². The van der Waals surface area contributed by atoms with E-state index >= 15 is 0 Å². The predicted molar refractivity (Wildman–Crippen MR) is 133 cm³/mol. The molecule has 0 radical (unpaired) electrons. The van der Waals surface area contributed by atoms with Gasteiger partial charge in [-0.25, -0.2) is 8.42 Å². The predicted octanol–water partition coefficient (Wildman–Crippen LogP) is 4.46. The zero-order chi connectivity index (χ0) is 24.8. The smallest absolute Gasteiger partial charge is 0.243 e. The Morgan fingerprint density at radius 2 is 1.66 bits per heavy atom. The first kappa shape index (κ1) is 24.6. The van der Waals surface area contributed by atoms with E-state index in [1.807, 2.05) is 18.2 Å². The SMILES string of the molecule is CCN(CC)S(=O)(=O)c1ccc(Oc2ccccc2)c(NC(=O)Cc2ccc3c(c2)OCCO3)c1. The van der Waals surface area contributed by atoms with Crippen LogP contribution in [0.15, 0.2) is 71.6 Å². The molecule has 9 heteroatoms. The van der Waals surface area contributed by atoms with Crippen LogP contribution in [0, 0.1) is 0 Å². The molecule has 1 N–H and O–H groups in total. The molecule has 0 spiro atoms. The van der Waals surface area contributed by atoms with Crippen LogP contribution in [0.4, 0.5) is 5.69 Å². The van der Waals surface area contributed by atoms with E-state index in [1.54, 1.807) is 50.2 Å². The zero-order valence-corrected chi connectivity index (χ0v) is 20.5. The molecule has 0 aliphatic carbocycles. The highest BCUT2D eigenvalue weighted by molar-refractivity contribution is 7.89. The zero-order valence-electron chi connectivity index (χ0n) is 19.7. The molecule has 0 fully saturated rings. The maximum absolute atomic E-state index is 13.1. The van der Waals surface area contributed by atoms with E-state index in [9.17, 15) is 13.2 Å². The number of hydrogen-bond donors (Lipinski definition) is 1. The van der Waals surface area contributed by atoms with Crippen molar-refractivity contribution in [1.29, 1.82) is 0 Å². The number of fused-ring (bicyclic) bond motifs is 1. The number of benzene rings is 3. The Morgan fingerprint density at radius 1 is 0.943 bits per heavy atom. The fraction of sp³-hybridized carbons (Fsp3) is 0.269. The lowest BCUT2D eigenvalue weighted by Gasteiger charge is -2.20. The average molecular weight is 497 g/mol. The van der Waals surface area contributed by atoms with Crippen LogP contribution >= 0.6 is 0 Å². The standard InChI is InChI=1S/C26H28N2O6S/c1-3-28(4-2)35(30,31)21-11-13-23(34-20-8-6-5-7-9-20)22(18-21)27-26(29)17-19-10-12-24-25(16-19)33-15-14-32-24/h5-13,16,18H,3-4,14-15,17H2,1-2H3,(H,27,29). The van der Waals surface area contributed by atoms with Crippen molar-refractivity contribution in [2.24, 2.45) is 0 Å². The Labute approximate surface area is 205 Å². The first-order valence-corrected chi connectivity index (χ1v) is 12.9. The van der Waals surface area contributed by atoms with Crippen LogP contribution in [0.25, 0.3) is 0 Å². The molecule has 8 nitrogen and oxygen atoms in total. The summed E-state index contributed by atoms with van der Waals surface area (Å²) in [5, 5.41) is 2.83. The van der Waals surface area contributed by atoms with E-state index in [1.165, 1.54) is 16.4 Å². The van der Waals surface area contributed by atoms with Gasteiger partial charge in [-0.3, -0.25) is 4.79 Å². The summed E-state index contributed by atoms with van der Waals surface area (Å²) in [7, 11) is -3.72. The Morgan fingerprint density at radius 3 is 2.37 bits per heavy atom. The summed E-state index contributed by atoms with van der Waals surface area (Å²) in [4.78, 5) is 13.0. The highest BCUT2D eigenvalue weighted by Gasteiger charge is 2.24. The molecule has 35 heavy (non-hydrogen) atoms. The minimum absolute atomic E-state index is 0.0639. The summed E-state index contributed by atoms with van der Waals surface area (Å²) < 4.78 is 44.6. The lowest BCUT2D eigenvalue weighted by atomic mass is 10.1. The number of nitrogens with zero attached hydrogens (tertiary/aromatic N) is 1. The van der Waals surface area contributed by atoms with Gasteiger partial charge < -0.3 is 19.5 Å². The Kier molecular flexibility index (Phi) is 7.57. The largest absolute Gasteiger partial charge is 0.486 e. The molecule has 0 aromatic heterocycles. The van der Waals surface area contributed by atoms with Crippen LogP contribution in [-0.4, -0.2) is 44.9 Å². The molecule has 3 aromatic rings. The van der Waals surface area contributed by atoms with Crippen LogP contribution in [0.5, 0.6) is 23.0 Å². The lowest BCUT2D eigenvalue weighted by Crippen LogP contribution is -2.30. The Balaban J connectivity index is 1.61.